The zero-order valence-electron chi connectivity index (χ0n) is 6.79. The summed E-state index contributed by atoms with van der Waals surface area (Å²) in [5.41, 5.74) is 1.01. The second-order valence-electron chi connectivity index (χ2n) is 2.34. The average molecular weight is 183 g/mol. The highest BCUT2D eigenvalue weighted by molar-refractivity contribution is 6.17. The van der Waals surface area contributed by atoms with Crippen LogP contribution in [-0.4, -0.2) is 6.61 Å². The van der Waals surface area contributed by atoms with E-state index in [2.05, 4.69) is 6.58 Å². The van der Waals surface area contributed by atoms with Crippen molar-refractivity contribution in [3.05, 3.63) is 42.5 Å². The fraction of sp³-hybridized carbons (Fsp3) is 0.200. The Morgan fingerprint density at radius 3 is 2.83 bits per heavy atom. The zero-order valence-corrected chi connectivity index (χ0v) is 7.55. The van der Waals surface area contributed by atoms with Crippen LogP contribution in [0.1, 0.15) is 5.56 Å². The number of halogens is 1. The molecule has 0 aliphatic rings. The quantitative estimate of drug-likeness (QED) is 0.514. The van der Waals surface area contributed by atoms with Gasteiger partial charge >= 0.3 is 0 Å². The molecule has 0 amide bonds. The van der Waals surface area contributed by atoms with Crippen molar-refractivity contribution >= 4 is 11.6 Å². The monoisotopic (exact) mass is 182 g/mol. The van der Waals surface area contributed by atoms with Gasteiger partial charge in [-0.3, -0.25) is 0 Å². The van der Waals surface area contributed by atoms with Gasteiger partial charge in [-0.15, -0.1) is 11.6 Å². The maximum absolute atomic E-state index is 5.71. The van der Waals surface area contributed by atoms with Crippen LogP contribution in [0, 0.1) is 0 Å². The van der Waals surface area contributed by atoms with Crippen molar-refractivity contribution in [2.75, 3.05) is 6.61 Å². The molecule has 12 heavy (non-hydrogen) atoms. The number of rotatable bonds is 4. The lowest BCUT2D eigenvalue weighted by Gasteiger charge is -2.06. The van der Waals surface area contributed by atoms with E-state index in [4.69, 9.17) is 16.3 Å². The summed E-state index contributed by atoms with van der Waals surface area (Å²) < 4.78 is 5.37. The van der Waals surface area contributed by atoms with Crippen LogP contribution in [0.4, 0.5) is 0 Å². The second kappa shape index (κ2) is 4.83. The smallest absolute Gasteiger partial charge is 0.124 e. The van der Waals surface area contributed by atoms with Crippen LogP contribution in [0.2, 0.25) is 0 Å². The first-order valence-electron chi connectivity index (χ1n) is 3.76. The summed E-state index contributed by atoms with van der Waals surface area (Å²) in [6.07, 6.45) is 1.71. The van der Waals surface area contributed by atoms with Crippen molar-refractivity contribution in [2.45, 2.75) is 5.88 Å². The fourth-order valence-electron chi connectivity index (χ4n) is 0.904. The highest BCUT2D eigenvalue weighted by Gasteiger charge is 1.98. The van der Waals surface area contributed by atoms with Gasteiger partial charge in [-0.1, -0.05) is 30.9 Å². The summed E-state index contributed by atoms with van der Waals surface area (Å²) in [6, 6.07) is 7.72. The first kappa shape index (κ1) is 9.14. The van der Waals surface area contributed by atoms with Gasteiger partial charge in [0.25, 0.3) is 0 Å². The highest BCUT2D eigenvalue weighted by atomic mass is 35.5. The van der Waals surface area contributed by atoms with E-state index in [0.29, 0.717) is 12.5 Å². The molecule has 64 valence electrons. The molecule has 1 rings (SSSR count). The van der Waals surface area contributed by atoms with Crippen molar-refractivity contribution in [3.8, 4) is 5.75 Å². The van der Waals surface area contributed by atoms with E-state index in [1.807, 2.05) is 24.3 Å². The molecule has 0 atom stereocenters. The summed E-state index contributed by atoms with van der Waals surface area (Å²) in [5.74, 6) is 1.32. The maximum atomic E-state index is 5.71. The molecule has 1 nitrogen and oxygen atoms in total. The Kier molecular flexibility index (Phi) is 3.68. The van der Waals surface area contributed by atoms with Gasteiger partial charge in [-0.25, -0.2) is 0 Å². The first-order valence-corrected chi connectivity index (χ1v) is 4.29. The Balaban J connectivity index is 2.74. The topological polar surface area (TPSA) is 9.23 Å². The Morgan fingerprint density at radius 1 is 1.42 bits per heavy atom. The van der Waals surface area contributed by atoms with Crippen LogP contribution in [0.5, 0.6) is 5.75 Å². The summed E-state index contributed by atoms with van der Waals surface area (Å²) in [6.45, 7) is 4.09. The average Bonchev–Trinajstić information content (AvgIpc) is 2.15. The standard InChI is InChI=1S/C10H11ClO/c1-2-7-12-10-6-4-3-5-9(10)8-11/h2-6H,1,7-8H2. The minimum Gasteiger partial charge on any atom is -0.489 e. The summed E-state index contributed by atoms with van der Waals surface area (Å²) in [5, 5.41) is 0. The van der Waals surface area contributed by atoms with Crippen molar-refractivity contribution in [3.63, 3.8) is 0 Å². The number of alkyl halides is 1. The van der Waals surface area contributed by atoms with Gasteiger partial charge in [0.05, 0.1) is 5.88 Å². The minimum absolute atomic E-state index is 0.479. The summed E-state index contributed by atoms with van der Waals surface area (Å²) in [7, 11) is 0. The highest BCUT2D eigenvalue weighted by Crippen LogP contribution is 2.19. The van der Waals surface area contributed by atoms with Gasteiger partial charge in [0.15, 0.2) is 0 Å². The number of benzene rings is 1. The van der Waals surface area contributed by atoms with Crippen molar-refractivity contribution in [1.29, 1.82) is 0 Å². The number of ether oxygens (including phenoxy) is 1. The minimum atomic E-state index is 0.479. The molecule has 0 saturated heterocycles. The summed E-state index contributed by atoms with van der Waals surface area (Å²) in [4.78, 5) is 0. The van der Waals surface area contributed by atoms with E-state index in [9.17, 15) is 0 Å². The first-order chi connectivity index (χ1) is 5.88. The normalized spacial score (nSPS) is 9.42. The van der Waals surface area contributed by atoms with Crippen LogP contribution in [0.3, 0.4) is 0 Å². The molecular weight excluding hydrogens is 172 g/mol. The largest absolute Gasteiger partial charge is 0.489 e. The second-order valence-corrected chi connectivity index (χ2v) is 2.61. The lowest BCUT2D eigenvalue weighted by molar-refractivity contribution is 0.360. The van der Waals surface area contributed by atoms with Crippen molar-refractivity contribution < 1.29 is 4.74 Å². The van der Waals surface area contributed by atoms with Crippen LogP contribution in [0.15, 0.2) is 36.9 Å². The van der Waals surface area contributed by atoms with Crippen LogP contribution >= 0.6 is 11.6 Å². The Bertz CT molecular complexity index is 258. The van der Waals surface area contributed by atoms with Gasteiger partial charge in [-0.2, -0.15) is 0 Å². The summed E-state index contributed by atoms with van der Waals surface area (Å²) >= 11 is 5.71. The molecule has 0 radical (unpaired) electrons. The molecule has 0 aliphatic heterocycles. The molecule has 2 heteroatoms. The number of para-hydroxylation sites is 1. The lowest BCUT2D eigenvalue weighted by atomic mass is 10.2. The third-order valence-corrected chi connectivity index (χ3v) is 1.76. The SMILES string of the molecule is C=CCOc1ccccc1CCl. The number of hydrogen-bond donors (Lipinski definition) is 0. The molecular formula is C10H11ClO. The van der Waals surface area contributed by atoms with Crippen LogP contribution in [0.25, 0.3) is 0 Å². The van der Waals surface area contributed by atoms with E-state index >= 15 is 0 Å². The molecule has 0 N–H and O–H groups in total. The molecule has 0 heterocycles. The van der Waals surface area contributed by atoms with Gasteiger partial charge in [-0.05, 0) is 6.07 Å². The molecule has 1 aromatic carbocycles. The van der Waals surface area contributed by atoms with E-state index in [-0.39, 0.29) is 0 Å². The van der Waals surface area contributed by atoms with E-state index in [1.165, 1.54) is 0 Å². The molecule has 0 saturated carbocycles. The molecule has 0 fully saturated rings. The lowest BCUT2D eigenvalue weighted by Crippen LogP contribution is -1.95. The Labute approximate surface area is 77.6 Å². The molecule has 0 aliphatic carbocycles. The van der Waals surface area contributed by atoms with E-state index < -0.39 is 0 Å². The predicted molar refractivity (Wildman–Crippen MR) is 51.7 cm³/mol. The molecule has 1 aromatic rings. The zero-order chi connectivity index (χ0) is 8.81. The van der Waals surface area contributed by atoms with Crippen LogP contribution in [-0.2, 0) is 5.88 Å². The van der Waals surface area contributed by atoms with E-state index in [0.717, 1.165) is 11.3 Å². The number of hydrogen-bond acceptors (Lipinski definition) is 1. The van der Waals surface area contributed by atoms with E-state index in [1.54, 1.807) is 6.08 Å². The Morgan fingerprint density at radius 2 is 2.17 bits per heavy atom. The Hall–Kier alpha value is -0.950. The molecule has 0 spiro atoms. The third-order valence-electron chi connectivity index (χ3n) is 1.47. The van der Waals surface area contributed by atoms with Crippen molar-refractivity contribution in [2.24, 2.45) is 0 Å². The van der Waals surface area contributed by atoms with Crippen LogP contribution < -0.4 is 4.74 Å². The van der Waals surface area contributed by atoms with Gasteiger partial charge in [0.2, 0.25) is 0 Å². The molecule has 0 bridgehead atoms. The van der Waals surface area contributed by atoms with Gasteiger partial charge in [0, 0.05) is 5.56 Å². The van der Waals surface area contributed by atoms with Gasteiger partial charge < -0.3 is 4.74 Å². The third kappa shape index (κ3) is 2.28. The van der Waals surface area contributed by atoms with Gasteiger partial charge in [0.1, 0.15) is 12.4 Å². The fourth-order valence-corrected chi connectivity index (χ4v) is 1.12. The van der Waals surface area contributed by atoms with Crippen molar-refractivity contribution in [1.82, 2.24) is 0 Å². The maximum Gasteiger partial charge on any atom is 0.124 e. The molecule has 0 unspecified atom stereocenters. The predicted octanol–water partition coefficient (Wildman–Crippen LogP) is 2.99. The molecule has 0 aromatic heterocycles.